The number of carboxylic acid groups (broad SMARTS) is 1. The van der Waals surface area contributed by atoms with Gasteiger partial charge < -0.3 is 5.11 Å². The normalized spacial score (nSPS) is 12.4. The van der Waals surface area contributed by atoms with E-state index in [-0.39, 0.29) is 12.6 Å². The summed E-state index contributed by atoms with van der Waals surface area (Å²) in [5.41, 5.74) is 0.992. The second-order valence-corrected chi connectivity index (χ2v) is 4.91. The molecule has 3 nitrogen and oxygen atoms in total. The van der Waals surface area contributed by atoms with Crippen molar-refractivity contribution in [3.8, 4) is 12.3 Å². The summed E-state index contributed by atoms with van der Waals surface area (Å²) in [6.07, 6.45) is 5.22. The molecule has 1 heterocycles. The lowest BCUT2D eigenvalue weighted by Crippen LogP contribution is -2.32. The fourth-order valence-corrected chi connectivity index (χ4v) is 2.35. The molecular formula is C11H12ClNO2S. The second kappa shape index (κ2) is 5.90. The van der Waals surface area contributed by atoms with Crippen molar-refractivity contribution in [1.82, 2.24) is 4.90 Å². The predicted octanol–water partition coefficient (Wildman–Crippen LogP) is 2.48. The largest absolute Gasteiger partial charge is 0.480 e. The number of terminal acetylenes is 1. The maximum Gasteiger partial charge on any atom is 0.317 e. The van der Waals surface area contributed by atoms with E-state index in [9.17, 15) is 4.79 Å². The van der Waals surface area contributed by atoms with Crippen LogP contribution in [0.4, 0.5) is 0 Å². The van der Waals surface area contributed by atoms with Gasteiger partial charge in [-0.2, -0.15) is 0 Å². The summed E-state index contributed by atoms with van der Waals surface area (Å²) in [4.78, 5) is 12.4. The third kappa shape index (κ3) is 3.53. The van der Waals surface area contributed by atoms with E-state index in [1.807, 2.05) is 18.4 Å². The molecule has 0 spiro atoms. The van der Waals surface area contributed by atoms with Gasteiger partial charge >= 0.3 is 5.97 Å². The smallest absolute Gasteiger partial charge is 0.317 e. The van der Waals surface area contributed by atoms with E-state index in [0.29, 0.717) is 10.9 Å². The van der Waals surface area contributed by atoms with Crippen molar-refractivity contribution < 1.29 is 9.90 Å². The minimum atomic E-state index is -0.886. The Labute approximate surface area is 104 Å². The molecule has 1 atom stereocenters. The topological polar surface area (TPSA) is 40.5 Å². The van der Waals surface area contributed by atoms with Gasteiger partial charge in [0.1, 0.15) is 0 Å². The van der Waals surface area contributed by atoms with Crippen LogP contribution in [-0.2, 0) is 4.79 Å². The third-order valence-electron chi connectivity index (χ3n) is 2.25. The van der Waals surface area contributed by atoms with Gasteiger partial charge in [-0.1, -0.05) is 17.5 Å². The number of nitrogens with zero attached hydrogens (tertiary/aromatic N) is 1. The van der Waals surface area contributed by atoms with Gasteiger partial charge in [-0.15, -0.1) is 17.8 Å². The van der Waals surface area contributed by atoms with Crippen molar-refractivity contribution >= 4 is 28.9 Å². The van der Waals surface area contributed by atoms with Crippen LogP contribution in [0.25, 0.3) is 0 Å². The van der Waals surface area contributed by atoms with Crippen LogP contribution >= 0.6 is 22.9 Å². The Kier molecular flexibility index (Phi) is 4.81. The van der Waals surface area contributed by atoms with E-state index in [2.05, 4.69) is 5.92 Å². The second-order valence-electron chi connectivity index (χ2n) is 3.36. The fourth-order valence-electron chi connectivity index (χ4n) is 1.37. The Morgan fingerprint density at radius 3 is 2.94 bits per heavy atom. The number of halogens is 1. The standard InChI is InChI=1S/C11H12ClNO2S/c1-3-4-13(6-11(14)15)8(2)9-5-10(12)16-7-9/h1,5,7-8H,4,6H2,2H3,(H,14,15). The average molecular weight is 258 g/mol. The van der Waals surface area contributed by atoms with Crippen LogP contribution in [0.15, 0.2) is 11.4 Å². The zero-order valence-corrected chi connectivity index (χ0v) is 10.4. The first-order chi connectivity index (χ1) is 7.54. The Balaban J connectivity index is 2.78. The van der Waals surface area contributed by atoms with Crippen LogP contribution in [-0.4, -0.2) is 29.1 Å². The lowest BCUT2D eigenvalue weighted by atomic mass is 10.1. The maximum absolute atomic E-state index is 10.7. The summed E-state index contributed by atoms with van der Waals surface area (Å²) in [7, 11) is 0. The molecule has 0 fully saturated rings. The molecule has 1 rings (SSSR count). The fraction of sp³-hybridized carbons (Fsp3) is 0.364. The highest BCUT2D eigenvalue weighted by molar-refractivity contribution is 7.14. The lowest BCUT2D eigenvalue weighted by Gasteiger charge is -2.24. The van der Waals surface area contributed by atoms with Crippen LogP contribution in [0.1, 0.15) is 18.5 Å². The van der Waals surface area contributed by atoms with Crippen LogP contribution in [0.3, 0.4) is 0 Å². The Bertz CT molecular complexity index is 410. The van der Waals surface area contributed by atoms with Crippen LogP contribution in [0.2, 0.25) is 4.34 Å². The van der Waals surface area contributed by atoms with Gasteiger partial charge in [0.2, 0.25) is 0 Å². The highest BCUT2D eigenvalue weighted by Gasteiger charge is 2.18. The first kappa shape index (κ1) is 13.0. The molecule has 1 aromatic heterocycles. The average Bonchev–Trinajstić information content (AvgIpc) is 2.62. The van der Waals surface area contributed by atoms with Gasteiger partial charge in [0.15, 0.2) is 0 Å². The molecule has 1 unspecified atom stereocenters. The molecule has 0 aliphatic carbocycles. The van der Waals surface area contributed by atoms with Gasteiger partial charge in [0, 0.05) is 6.04 Å². The number of carbonyl (C=O) groups is 1. The van der Waals surface area contributed by atoms with E-state index in [4.69, 9.17) is 23.1 Å². The molecule has 0 radical (unpaired) electrons. The number of rotatable bonds is 5. The molecule has 0 saturated carbocycles. The summed E-state index contributed by atoms with van der Waals surface area (Å²) in [5.74, 6) is 1.58. The van der Waals surface area contributed by atoms with Gasteiger partial charge in [0.05, 0.1) is 17.4 Å². The zero-order chi connectivity index (χ0) is 12.1. The first-order valence-electron chi connectivity index (χ1n) is 4.68. The number of thiophene rings is 1. The SMILES string of the molecule is C#CCN(CC(=O)O)C(C)c1csc(Cl)c1. The lowest BCUT2D eigenvalue weighted by molar-refractivity contribution is -0.138. The molecule has 0 aromatic carbocycles. The van der Waals surface area contributed by atoms with Crippen LogP contribution in [0.5, 0.6) is 0 Å². The summed E-state index contributed by atoms with van der Waals surface area (Å²) in [6.45, 7) is 2.15. The first-order valence-corrected chi connectivity index (χ1v) is 5.93. The van der Waals surface area contributed by atoms with E-state index in [0.717, 1.165) is 5.56 Å². The van der Waals surface area contributed by atoms with E-state index in [1.165, 1.54) is 11.3 Å². The molecule has 0 aliphatic rings. The van der Waals surface area contributed by atoms with Gasteiger partial charge in [0.25, 0.3) is 0 Å². The minimum absolute atomic E-state index is 0.0455. The highest BCUT2D eigenvalue weighted by atomic mass is 35.5. The van der Waals surface area contributed by atoms with Crippen molar-refractivity contribution in [2.24, 2.45) is 0 Å². The molecule has 16 heavy (non-hydrogen) atoms. The molecule has 5 heteroatoms. The highest BCUT2D eigenvalue weighted by Crippen LogP contribution is 2.27. The minimum Gasteiger partial charge on any atom is -0.480 e. The summed E-state index contributed by atoms with van der Waals surface area (Å²) in [6, 6.07) is 1.79. The zero-order valence-electron chi connectivity index (χ0n) is 8.81. The summed E-state index contributed by atoms with van der Waals surface area (Å²) < 4.78 is 0.692. The number of carboxylic acids is 1. The van der Waals surface area contributed by atoms with Gasteiger partial charge in [-0.3, -0.25) is 9.69 Å². The quantitative estimate of drug-likeness (QED) is 0.824. The number of aliphatic carboxylic acids is 1. The Hall–Kier alpha value is -1.02. The molecule has 1 aromatic rings. The molecule has 0 aliphatic heterocycles. The summed E-state index contributed by atoms with van der Waals surface area (Å²) in [5, 5.41) is 10.7. The Morgan fingerprint density at radius 2 is 2.50 bits per heavy atom. The number of hydrogen-bond donors (Lipinski definition) is 1. The molecule has 0 saturated heterocycles. The summed E-state index contributed by atoms with van der Waals surface area (Å²) >= 11 is 7.26. The molecule has 86 valence electrons. The monoisotopic (exact) mass is 257 g/mol. The molecular weight excluding hydrogens is 246 g/mol. The van der Waals surface area contributed by atoms with E-state index >= 15 is 0 Å². The van der Waals surface area contributed by atoms with Crippen molar-refractivity contribution in [2.75, 3.05) is 13.1 Å². The van der Waals surface area contributed by atoms with Crippen molar-refractivity contribution in [3.05, 3.63) is 21.3 Å². The van der Waals surface area contributed by atoms with Crippen molar-refractivity contribution in [2.45, 2.75) is 13.0 Å². The molecule has 0 amide bonds. The molecule has 0 bridgehead atoms. The van der Waals surface area contributed by atoms with E-state index < -0.39 is 5.97 Å². The Morgan fingerprint density at radius 1 is 1.81 bits per heavy atom. The van der Waals surface area contributed by atoms with Crippen LogP contribution < -0.4 is 0 Å². The van der Waals surface area contributed by atoms with Gasteiger partial charge in [-0.05, 0) is 23.9 Å². The van der Waals surface area contributed by atoms with Crippen molar-refractivity contribution in [3.63, 3.8) is 0 Å². The maximum atomic E-state index is 10.7. The van der Waals surface area contributed by atoms with E-state index in [1.54, 1.807) is 4.90 Å². The number of hydrogen-bond acceptors (Lipinski definition) is 3. The third-order valence-corrected chi connectivity index (χ3v) is 3.36. The predicted molar refractivity (Wildman–Crippen MR) is 65.8 cm³/mol. The molecule has 1 N–H and O–H groups in total. The van der Waals surface area contributed by atoms with Crippen LogP contribution in [0, 0.1) is 12.3 Å². The van der Waals surface area contributed by atoms with Crippen molar-refractivity contribution in [1.29, 1.82) is 0 Å². The van der Waals surface area contributed by atoms with Gasteiger partial charge in [-0.25, -0.2) is 0 Å².